The van der Waals surface area contributed by atoms with Crippen molar-refractivity contribution in [3.05, 3.63) is 24.0 Å². The molecule has 0 aliphatic heterocycles. The molecule has 0 spiro atoms. The summed E-state index contributed by atoms with van der Waals surface area (Å²) >= 11 is 0. The van der Waals surface area contributed by atoms with E-state index in [4.69, 9.17) is 5.84 Å². The van der Waals surface area contributed by atoms with E-state index in [0.29, 0.717) is 16.8 Å². The highest BCUT2D eigenvalue weighted by atomic mass is 16.1. The average molecular weight is 248 g/mol. The summed E-state index contributed by atoms with van der Waals surface area (Å²) in [4.78, 5) is 16.0. The Labute approximate surface area is 107 Å². The van der Waals surface area contributed by atoms with Crippen LogP contribution >= 0.6 is 0 Å². The monoisotopic (exact) mass is 248 g/mol. The molecule has 18 heavy (non-hydrogen) atoms. The molecular formula is C13H20N4O. The van der Waals surface area contributed by atoms with Crippen LogP contribution in [0.4, 0.5) is 5.69 Å². The molecule has 1 aliphatic rings. The lowest BCUT2D eigenvalue weighted by atomic mass is 10.0. The molecule has 0 atom stereocenters. The SMILES string of the molecule is CCCC1(CNC(=O)c2ccc(NN)cn2)CC1. The van der Waals surface area contributed by atoms with Gasteiger partial charge in [-0.15, -0.1) is 0 Å². The number of hydrogen-bond acceptors (Lipinski definition) is 4. The van der Waals surface area contributed by atoms with Crippen molar-refractivity contribution in [3.8, 4) is 0 Å². The lowest BCUT2D eigenvalue weighted by Crippen LogP contribution is -2.30. The summed E-state index contributed by atoms with van der Waals surface area (Å²) in [5.41, 5.74) is 3.97. The molecular weight excluding hydrogens is 228 g/mol. The number of pyridine rings is 1. The van der Waals surface area contributed by atoms with Crippen molar-refractivity contribution in [2.75, 3.05) is 12.0 Å². The van der Waals surface area contributed by atoms with E-state index < -0.39 is 0 Å². The summed E-state index contributed by atoms with van der Waals surface area (Å²) in [5, 5.41) is 2.97. The number of nitrogens with zero attached hydrogens (tertiary/aromatic N) is 1. The lowest BCUT2D eigenvalue weighted by molar-refractivity contribution is 0.0939. The fourth-order valence-electron chi connectivity index (χ4n) is 2.19. The van der Waals surface area contributed by atoms with E-state index >= 15 is 0 Å². The van der Waals surface area contributed by atoms with Crippen molar-refractivity contribution < 1.29 is 4.79 Å². The molecule has 1 aliphatic carbocycles. The smallest absolute Gasteiger partial charge is 0.269 e. The Balaban J connectivity index is 1.87. The molecule has 98 valence electrons. The maximum Gasteiger partial charge on any atom is 0.269 e. The first-order valence-corrected chi connectivity index (χ1v) is 6.40. The zero-order valence-electron chi connectivity index (χ0n) is 10.7. The van der Waals surface area contributed by atoms with Crippen LogP contribution in [0.5, 0.6) is 0 Å². The molecule has 1 amide bonds. The van der Waals surface area contributed by atoms with Gasteiger partial charge in [-0.25, -0.2) is 4.98 Å². The standard InChI is InChI=1S/C13H20N4O/c1-2-5-13(6-7-13)9-16-12(18)11-4-3-10(17-14)8-15-11/h3-4,8,17H,2,5-7,9,14H2,1H3,(H,16,18). The minimum absolute atomic E-state index is 0.110. The van der Waals surface area contributed by atoms with Crippen LogP contribution in [-0.2, 0) is 0 Å². The Morgan fingerprint density at radius 2 is 2.28 bits per heavy atom. The second kappa shape index (κ2) is 5.35. The topological polar surface area (TPSA) is 80.0 Å². The molecule has 0 bridgehead atoms. The largest absolute Gasteiger partial charge is 0.350 e. The minimum atomic E-state index is -0.110. The first-order chi connectivity index (χ1) is 8.69. The number of anilines is 1. The van der Waals surface area contributed by atoms with Gasteiger partial charge < -0.3 is 10.7 Å². The third-order valence-electron chi connectivity index (χ3n) is 3.52. The van der Waals surface area contributed by atoms with Gasteiger partial charge in [0.05, 0.1) is 11.9 Å². The van der Waals surface area contributed by atoms with Gasteiger partial charge in [0.15, 0.2) is 0 Å². The van der Waals surface area contributed by atoms with Crippen molar-refractivity contribution in [3.63, 3.8) is 0 Å². The van der Waals surface area contributed by atoms with Gasteiger partial charge in [0.1, 0.15) is 5.69 Å². The Hall–Kier alpha value is -1.62. The third kappa shape index (κ3) is 2.98. The van der Waals surface area contributed by atoms with Crippen LogP contribution in [0.1, 0.15) is 43.1 Å². The van der Waals surface area contributed by atoms with E-state index in [1.54, 1.807) is 18.3 Å². The Morgan fingerprint density at radius 3 is 2.78 bits per heavy atom. The predicted octanol–water partition coefficient (Wildman–Crippen LogP) is 1.68. The molecule has 5 heteroatoms. The predicted molar refractivity (Wildman–Crippen MR) is 71.0 cm³/mol. The van der Waals surface area contributed by atoms with Gasteiger partial charge in [0.2, 0.25) is 0 Å². The Kier molecular flexibility index (Phi) is 3.81. The van der Waals surface area contributed by atoms with Crippen LogP contribution in [0.15, 0.2) is 18.3 Å². The number of carbonyl (C=O) groups is 1. The van der Waals surface area contributed by atoms with Gasteiger partial charge in [-0.2, -0.15) is 0 Å². The second-order valence-electron chi connectivity index (χ2n) is 5.01. The second-order valence-corrected chi connectivity index (χ2v) is 5.01. The van der Waals surface area contributed by atoms with Crippen molar-refractivity contribution in [2.45, 2.75) is 32.6 Å². The number of nitrogen functional groups attached to an aromatic ring is 1. The molecule has 1 heterocycles. The lowest BCUT2D eigenvalue weighted by Gasteiger charge is -2.14. The Bertz CT molecular complexity index is 412. The van der Waals surface area contributed by atoms with Crippen molar-refractivity contribution in [1.29, 1.82) is 0 Å². The van der Waals surface area contributed by atoms with E-state index in [1.807, 2.05) is 0 Å². The number of nitrogens with one attached hydrogen (secondary N) is 2. The Morgan fingerprint density at radius 1 is 1.50 bits per heavy atom. The zero-order valence-corrected chi connectivity index (χ0v) is 10.7. The normalized spacial score (nSPS) is 16.1. The summed E-state index contributed by atoms with van der Waals surface area (Å²) in [6, 6.07) is 3.41. The number of amides is 1. The molecule has 4 N–H and O–H groups in total. The van der Waals surface area contributed by atoms with Crippen LogP contribution in [0.2, 0.25) is 0 Å². The quantitative estimate of drug-likeness (QED) is 0.528. The molecule has 1 aromatic rings. The van der Waals surface area contributed by atoms with Crippen LogP contribution < -0.4 is 16.6 Å². The molecule has 1 aromatic heterocycles. The number of rotatable bonds is 6. The summed E-state index contributed by atoms with van der Waals surface area (Å²) < 4.78 is 0. The van der Waals surface area contributed by atoms with Crippen LogP contribution in [0.25, 0.3) is 0 Å². The molecule has 0 aromatic carbocycles. The molecule has 1 saturated carbocycles. The van der Waals surface area contributed by atoms with Gasteiger partial charge in [-0.3, -0.25) is 10.6 Å². The van der Waals surface area contributed by atoms with Crippen molar-refractivity contribution in [2.24, 2.45) is 11.3 Å². The highest BCUT2D eigenvalue weighted by Crippen LogP contribution is 2.48. The number of carbonyl (C=O) groups excluding carboxylic acids is 1. The van der Waals surface area contributed by atoms with Crippen LogP contribution in [-0.4, -0.2) is 17.4 Å². The molecule has 1 fully saturated rings. The number of aromatic nitrogens is 1. The molecule has 5 nitrogen and oxygen atoms in total. The van der Waals surface area contributed by atoms with Gasteiger partial charge >= 0.3 is 0 Å². The third-order valence-corrected chi connectivity index (χ3v) is 3.52. The fraction of sp³-hybridized carbons (Fsp3) is 0.538. The van der Waals surface area contributed by atoms with Gasteiger partial charge in [0, 0.05) is 6.54 Å². The molecule has 0 radical (unpaired) electrons. The van der Waals surface area contributed by atoms with Gasteiger partial charge in [-0.05, 0) is 36.8 Å². The van der Waals surface area contributed by atoms with Crippen LogP contribution in [0.3, 0.4) is 0 Å². The molecule has 2 rings (SSSR count). The van der Waals surface area contributed by atoms with Crippen molar-refractivity contribution >= 4 is 11.6 Å². The van der Waals surface area contributed by atoms with Gasteiger partial charge in [0.25, 0.3) is 5.91 Å². The minimum Gasteiger partial charge on any atom is -0.350 e. The maximum absolute atomic E-state index is 11.9. The summed E-state index contributed by atoms with van der Waals surface area (Å²) in [5.74, 6) is 5.13. The highest BCUT2D eigenvalue weighted by Gasteiger charge is 2.41. The maximum atomic E-state index is 11.9. The average Bonchev–Trinajstić information content (AvgIpc) is 3.17. The fourth-order valence-corrected chi connectivity index (χ4v) is 2.19. The van der Waals surface area contributed by atoms with E-state index in [-0.39, 0.29) is 5.91 Å². The summed E-state index contributed by atoms with van der Waals surface area (Å²) in [6.45, 7) is 2.94. The first kappa shape index (κ1) is 12.8. The van der Waals surface area contributed by atoms with Gasteiger partial charge in [-0.1, -0.05) is 13.3 Å². The summed E-state index contributed by atoms with van der Waals surface area (Å²) in [6.07, 6.45) is 6.37. The van der Waals surface area contributed by atoms with E-state index in [1.165, 1.54) is 25.7 Å². The first-order valence-electron chi connectivity index (χ1n) is 6.40. The zero-order chi connectivity index (χ0) is 13.0. The van der Waals surface area contributed by atoms with E-state index in [9.17, 15) is 4.79 Å². The summed E-state index contributed by atoms with van der Waals surface area (Å²) in [7, 11) is 0. The highest BCUT2D eigenvalue weighted by molar-refractivity contribution is 5.92. The number of hydrazine groups is 1. The van der Waals surface area contributed by atoms with E-state index in [2.05, 4.69) is 22.7 Å². The molecule has 0 unspecified atom stereocenters. The molecule has 0 saturated heterocycles. The number of nitrogens with two attached hydrogens (primary N) is 1. The van der Waals surface area contributed by atoms with Crippen molar-refractivity contribution in [1.82, 2.24) is 10.3 Å². The van der Waals surface area contributed by atoms with Crippen LogP contribution in [0, 0.1) is 5.41 Å². The number of hydrogen-bond donors (Lipinski definition) is 3. The van der Waals surface area contributed by atoms with E-state index in [0.717, 1.165) is 6.54 Å².